The van der Waals surface area contributed by atoms with Gasteiger partial charge in [-0.05, 0) is 83.2 Å². The van der Waals surface area contributed by atoms with Gasteiger partial charge in [-0.2, -0.15) is 0 Å². The van der Waals surface area contributed by atoms with Crippen LogP contribution in [0, 0.1) is 17.3 Å². The van der Waals surface area contributed by atoms with Gasteiger partial charge in [-0.25, -0.2) is 0 Å². The van der Waals surface area contributed by atoms with Crippen LogP contribution in [-0.2, 0) is 19.3 Å². The van der Waals surface area contributed by atoms with Crippen molar-refractivity contribution < 1.29 is 0 Å². The van der Waals surface area contributed by atoms with Gasteiger partial charge in [0.1, 0.15) is 0 Å². The molecule has 2 aromatic rings. The summed E-state index contributed by atoms with van der Waals surface area (Å²) >= 11 is 0. The van der Waals surface area contributed by atoms with Crippen molar-refractivity contribution in [1.29, 1.82) is 0 Å². The van der Waals surface area contributed by atoms with Crippen LogP contribution in [0.4, 0.5) is 0 Å². The van der Waals surface area contributed by atoms with E-state index in [9.17, 15) is 0 Å². The first kappa shape index (κ1) is 12.9. The van der Waals surface area contributed by atoms with E-state index < -0.39 is 0 Å². The maximum absolute atomic E-state index is 2.54. The molecule has 22 heavy (non-hydrogen) atoms. The highest BCUT2D eigenvalue weighted by molar-refractivity contribution is 5.85. The molecule has 1 saturated carbocycles. The topological polar surface area (TPSA) is 0 Å². The molecular weight excluding hydrogens is 264 g/mol. The zero-order chi connectivity index (χ0) is 14.7. The zero-order valence-corrected chi connectivity index (χ0v) is 13.4. The van der Waals surface area contributed by atoms with E-state index in [4.69, 9.17) is 0 Å². The Labute approximate surface area is 133 Å². The number of benzene rings is 2. The molecule has 0 heteroatoms. The van der Waals surface area contributed by atoms with Gasteiger partial charge < -0.3 is 0 Å². The fourth-order valence-corrected chi connectivity index (χ4v) is 5.45. The van der Waals surface area contributed by atoms with Crippen molar-refractivity contribution in [3.8, 4) is 0 Å². The Hall–Kier alpha value is -1.56. The molecule has 2 bridgehead atoms. The van der Waals surface area contributed by atoms with E-state index in [0.717, 1.165) is 18.3 Å². The summed E-state index contributed by atoms with van der Waals surface area (Å²) in [5, 5.41) is 2.88. The Balaban J connectivity index is 1.59. The number of fused-ring (bicyclic) bond motifs is 5. The van der Waals surface area contributed by atoms with Crippen LogP contribution in [-0.4, -0.2) is 0 Å². The maximum Gasteiger partial charge on any atom is -0.0168 e. The number of aryl methyl sites for hydroxylation is 2. The van der Waals surface area contributed by atoms with Crippen LogP contribution in [0.2, 0.25) is 0 Å². The van der Waals surface area contributed by atoms with Crippen LogP contribution in [0.15, 0.2) is 42.5 Å². The molecule has 1 spiro atoms. The molecule has 0 aromatic heterocycles. The highest BCUT2D eigenvalue weighted by atomic mass is 14.5. The van der Waals surface area contributed by atoms with Crippen LogP contribution in [0.25, 0.3) is 10.8 Å². The third-order valence-corrected chi connectivity index (χ3v) is 6.69. The first-order valence-corrected chi connectivity index (χ1v) is 8.98. The van der Waals surface area contributed by atoms with Gasteiger partial charge in [-0.3, -0.25) is 0 Å². The van der Waals surface area contributed by atoms with E-state index in [1.807, 2.05) is 0 Å². The summed E-state index contributed by atoms with van der Waals surface area (Å²) in [4.78, 5) is 0. The van der Waals surface area contributed by atoms with E-state index in [1.54, 1.807) is 11.1 Å². The number of hydrogen-bond donors (Lipinski definition) is 0. The standard InChI is InChI=1S/C22H24/c1-2-15-3-5-17-11-18-7-8-22(13-16-4-6-21(22)10-16)14-20(18)12-19(17)9-15/h3-6,9,11-12,16,21H,2,7-8,10,13-14H2,1H3. The molecule has 3 unspecified atom stereocenters. The van der Waals surface area contributed by atoms with E-state index in [0.29, 0.717) is 5.41 Å². The van der Waals surface area contributed by atoms with Gasteiger partial charge in [-0.1, -0.05) is 49.4 Å². The van der Waals surface area contributed by atoms with Crippen LogP contribution >= 0.6 is 0 Å². The lowest BCUT2D eigenvalue weighted by atomic mass is 9.64. The molecular formula is C22H24. The Morgan fingerprint density at radius 1 is 1.05 bits per heavy atom. The summed E-state index contributed by atoms with van der Waals surface area (Å²) in [5.74, 6) is 1.75. The molecule has 0 saturated heterocycles. The normalized spacial score (nSPS) is 32.0. The molecule has 112 valence electrons. The van der Waals surface area contributed by atoms with Crippen molar-refractivity contribution in [1.82, 2.24) is 0 Å². The molecule has 1 fully saturated rings. The minimum atomic E-state index is 0.600. The van der Waals surface area contributed by atoms with Crippen LogP contribution in [0.1, 0.15) is 42.9 Å². The Morgan fingerprint density at radius 2 is 1.95 bits per heavy atom. The van der Waals surface area contributed by atoms with Gasteiger partial charge in [-0.15, -0.1) is 0 Å². The SMILES string of the molecule is CCc1ccc2cc3c(cc2c1)CC1(CC3)CC2C=CC1C2. The van der Waals surface area contributed by atoms with E-state index >= 15 is 0 Å². The zero-order valence-electron chi connectivity index (χ0n) is 13.4. The molecule has 3 aliphatic rings. The molecule has 5 rings (SSSR count). The van der Waals surface area contributed by atoms with Crippen molar-refractivity contribution in [2.24, 2.45) is 17.3 Å². The van der Waals surface area contributed by atoms with Crippen molar-refractivity contribution in [3.63, 3.8) is 0 Å². The van der Waals surface area contributed by atoms with Gasteiger partial charge in [0.15, 0.2) is 0 Å². The molecule has 0 heterocycles. The molecule has 0 amide bonds. The molecule has 0 aliphatic heterocycles. The second-order valence-corrected chi connectivity index (χ2v) is 7.89. The van der Waals surface area contributed by atoms with Gasteiger partial charge in [0, 0.05) is 0 Å². The van der Waals surface area contributed by atoms with Crippen LogP contribution < -0.4 is 0 Å². The summed E-state index contributed by atoms with van der Waals surface area (Å²) in [6, 6.07) is 12.0. The highest BCUT2D eigenvalue weighted by Gasteiger charge is 2.49. The largest absolute Gasteiger partial charge is 0.0851 e. The van der Waals surface area contributed by atoms with Crippen molar-refractivity contribution in [3.05, 3.63) is 59.2 Å². The highest BCUT2D eigenvalue weighted by Crippen LogP contribution is 2.57. The van der Waals surface area contributed by atoms with Gasteiger partial charge >= 0.3 is 0 Å². The van der Waals surface area contributed by atoms with Crippen LogP contribution in [0.5, 0.6) is 0 Å². The Kier molecular flexibility index (Phi) is 2.63. The average Bonchev–Trinajstić information content (AvgIpc) is 3.13. The molecule has 3 aliphatic carbocycles. The smallest absolute Gasteiger partial charge is 0.0168 e. The van der Waals surface area contributed by atoms with Crippen LogP contribution in [0.3, 0.4) is 0 Å². The third-order valence-electron chi connectivity index (χ3n) is 6.69. The molecule has 3 atom stereocenters. The lowest BCUT2D eigenvalue weighted by Gasteiger charge is -2.40. The maximum atomic E-state index is 2.54. The van der Waals surface area contributed by atoms with Crippen molar-refractivity contribution >= 4 is 10.8 Å². The van der Waals surface area contributed by atoms with E-state index in [-0.39, 0.29) is 0 Å². The summed E-state index contributed by atoms with van der Waals surface area (Å²) < 4.78 is 0. The predicted molar refractivity (Wildman–Crippen MR) is 93.1 cm³/mol. The first-order chi connectivity index (χ1) is 10.8. The minimum absolute atomic E-state index is 0.600. The molecule has 0 radical (unpaired) electrons. The second-order valence-electron chi connectivity index (χ2n) is 7.89. The first-order valence-electron chi connectivity index (χ1n) is 8.98. The lowest BCUT2D eigenvalue weighted by Crippen LogP contribution is -2.32. The minimum Gasteiger partial charge on any atom is -0.0851 e. The fourth-order valence-electron chi connectivity index (χ4n) is 5.45. The summed E-state index contributed by atoms with van der Waals surface area (Å²) in [5.41, 5.74) is 5.32. The monoisotopic (exact) mass is 288 g/mol. The van der Waals surface area contributed by atoms with E-state index in [1.165, 1.54) is 48.4 Å². The predicted octanol–water partition coefficient (Wildman–Crippen LogP) is 5.47. The van der Waals surface area contributed by atoms with E-state index in [2.05, 4.69) is 49.4 Å². The van der Waals surface area contributed by atoms with Crippen molar-refractivity contribution in [2.75, 3.05) is 0 Å². The molecule has 2 aromatic carbocycles. The quantitative estimate of drug-likeness (QED) is 0.610. The van der Waals surface area contributed by atoms with Gasteiger partial charge in [0.2, 0.25) is 0 Å². The number of allylic oxidation sites excluding steroid dienone is 2. The summed E-state index contributed by atoms with van der Waals surface area (Å²) in [7, 11) is 0. The van der Waals surface area contributed by atoms with Gasteiger partial charge in [0.05, 0.1) is 0 Å². The number of hydrogen-bond acceptors (Lipinski definition) is 0. The molecule has 0 nitrogen and oxygen atoms in total. The third kappa shape index (κ3) is 1.76. The summed E-state index contributed by atoms with van der Waals surface area (Å²) in [6.07, 6.45) is 13.0. The molecule has 0 N–H and O–H groups in total. The average molecular weight is 288 g/mol. The number of rotatable bonds is 1. The summed E-state index contributed by atoms with van der Waals surface area (Å²) in [6.45, 7) is 2.25. The Bertz CT molecular complexity index is 782. The van der Waals surface area contributed by atoms with Crippen molar-refractivity contribution in [2.45, 2.75) is 45.4 Å². The Morgan fingerprint density at radius 3 is 2.73 bits per heavy atom. The lowest BCUT2D eigenvalue weighted by molar-refractivity contribution is 0.195. The fraction of sp³-hybridized carbons (Fsp3) is 0.455. The van der Waals surface area contributed by atoms with Gasteiger partial charge in [0.25, 0.3) is 0 Å². The second kappa shape index (κ2) is 4.47.